The molecule has 66 valence electrons. The van der Waals surface area contributed by atoms with Crippen molar-refractivity contribution < 1.29 is 4.74 Å². The Bertz CT molecular complexity index is 128. The predicted molar refractivity (Wildman–Crippen MR) is 46.8 cm³/mol. The summed E-state index contributed by atoms with van der Waals surface area (Å²) in [7, 11) is 0. The third-order valence-corrected chi connectivity index (χ3v) is 1.19. The lowest BCUT2D eigenvalue weighted by Gasteiger charge is -2.13. The summed E-state index contributed by atoms with van der Waals surface area (Å²) in [5, 5.41) is 0. The van der Waals surface area contributed by atoms with Crippen LogP contribution in [0.5, 0.6) is 0 Å². The van der Waals surface area contributed by atoms with Crippen molar-refractivity contribution >= 4 is 0 Å². The van der Waals surface area contributed by atoms with Crippen molar-refractivity contribution in [2.75, 3.05) is 0 Å². The smallest absolute Gasteiger partial charge is 0.0893 e. The fourth-order valence-corrected chi connectivity index (χ4v) is 0.822. The van der Waals surface area contributed by atoms with Gasteiger partial charge in [0.2, 0.25) is 0 Å². The molecule has 4 N–H and O–H groups in total. The van der Waals surface area contributed by atoms with Crippen LogP contribution in [-0.4, -0.2) is 12.2 Å². The van der Waals surface area contributed by atoms with Crippen LogP contribution in [0.2, 0.25) is 0 Å². The van der Waals surface area contributed by atoms with Crippen LogP contribution in [0, 0.1) is 0 Å². The van der Waals surface area contributed by atoms with Gasteiger partial charge in [-0.2, -0.15) is 0 Å². The molecule has 0 aliphatic carbocycles. The first kappa shape index (κ1) is 10.3. The zero-order valence-corrected chi connectivity index (χ0v) is 7.50. The zero-order valence-electron chi connectivity index (χ0n) is 7.50. The highest BCUT2D eigenvalue weighted by atomic mass is 16.5. The molecule has 0 heterocycles. The van der Waals surface area contributed by atoms with E-state index in [1.807, 2.05) is 20.8 Å². The van der Waals surface area contributed by atoms with Crippen molar-refractivity contribution in [1.29, 1.82) is 0 Å². The van der Waals surface area contributed by atoms with Crippen molar-refractivity contribution in [3.05, 3.63) is 11.9 Å². The van der Waals surface area contributed by atoms with Gasteiger partial charge in [-0.3, -0.25) is 0 Å². The van der Waals surface area contributed by atoms with Crippen molar-refractivity contribution in [3.63, 3.8) is 0 Å². The van der Waals surface area contributed by atoms with Gasteiger partial charge in [0.05, 0.1) is 18.0 Å². The average molecular weight is 158 g/mol. The van der Waals surface area contributed by atoms with E-state index in [0.717, 1.165) is 6.42 Å². The van der Waals surface area contributed by atoms with Gasteiger partial charge in [0.15, 0.2) is 0 Å². The molecule has 0 radical (unpaired) electrons. The maximum atomic E-state index is 5.44. The molecule has 0 amide bonds. The van der Waals surface area contributed by atoms with Crippen molar-refractivity contribution in [3.8, 4) is 0 Å². The van der Waals surface area contributed by atoms with E-state index in [1.54, 1.807) is 6.08 Å². The van der Waals surface area contributed by atoms with E-state index >= 15 is 0 Å². The number of ether oxygens (including phenoxy) is 1. The minimum atomic E-state index is 0.192. The number of hydrogen-bond acceptors (Lipinski definition) is 3. The SMILES string of the molecule is CC(C)OC(C)CC=C(N)N. The lowest BCUT2D eigenvalue weighted by atomic mass is 10.2. The van der Waals surface area contributed by atoms with Crippen LogP contribution in [-0.2, 0) is 4.74 Å². The lowest BCUT2D eigenvalue weighted by molar-refractivity contribution is 0.0208. The van der Waals surface area contributed by atoms with Gasteiger partial charge in [0.25, 0.3) is 0 Å². The summed E-state index contributed by atoms with van der Waals surface area (Å²) in [6, 6.07) is 0. The fraction of sp³-hybridized carbons (Fsp3) is 0.750. The van der Waals surface area contributed by atoms with Gasteiger partial charge in [-0.25, -0.2) is 0 Å². The normalized spacial score (nSPS) is 13.1. The standard InChI is InChI=1S/C8H18N2O/c1-6(2)11-7(3)4-5-8(9)10/h5-7H,4,9-10H2,1-3H3. The molecule has 1 atom stereocenters. The van der Waals surface area contributed by atoms with Crippen LogP contribution in [0.4, 0.5) is 0 Å². The molecule has 0 aromatic rings. The largest absolute Gasteiger partial charge is 0.386 e. The highest BCUT2D eigenvalue weighted by Crippen LogP contribution is 2.02. The topological polar surface area (TPSA) is 61.3 Å². The quantitative estimate of drug-likeness (QED) is 0.640. The Labute approximate surface area is 68.4 Å². The molecule has 1 unspecified atom stereocenters. The van der Waals surface area contributed by atoms with Crippen LogP contribution < -0.4 is 11.5 Å². The molecule has 0 aliphatic rings. The second kappa shape index (κ2) is 5.02. The van der Waals surface area contributed by atoms with E-state index in [0.29, 0.717) is 5.82 Å². The second-order valence-corrected chi connectivity index (χ2v) is 2.94. The molecule has 3 heteroatoms. The first-order chi connectivity index (χ1) is 5.02. The summed E-state index contributed by atoms with van der Waals surface area (Å²) in [5.74, 6) is 0.365. The Morgan fingerprint density at radius 1 is 1.36 bits per heavy atom. The molecule has 0 fully saturated rings. The molecule has 3 nitrogen and oxygen atoms in total. The van der Waals surface area contributed by atoms with Crippen LogP contribution in [0.3, 0.4) is 0 Å². The van der Waals surface area contributed by atoms with Crippen LogP contribution in [0.1, 0.15) is 27.2 Å². The summed E-state index contributed by atoms with van der Waals surface area (Å²) >= 11 is 0. The van der Waals surface area contributed by atoms with Gasteiger partial charge in [0.1, 0.15) is 0 Å². The molecule has 0 aromatic carbocycles. The zero-order chi connectivity index (χ0) is 8.85. The van der Waals surface area contributed by atoms with E-state index in [-0.39, 0.29) is 12.2 Å². The van der Waals surface area contributed by atoms with Gasteiger partial charge in [-0.15, -0.1) is 0 Å². The first-order valence-electron chi connectivity index (χ1n) is 3.89. The third-order valence-electron chi connectivity index (χ3n) is 1.19. The summed E-state index contributed by atoms with van der Waals surface area (Å²) in [6.07, 6.45) is 3.00. The van der Waals surface area contributed by atoms with E-state index in [9.17, 15) is 0 Å². The minimum Gasteiger partial charge on any atom is -0.386 e. The average Bonchev–Trinajstić information content (AvgIpc) is 1.82. The molecular weight excluding hydrogens is 140 g/mol. The second-order valence-electron chi connectivity index (χ2n) is 2.94. The Morgan fingerprint density at radius 2 is 1.91 bits per heavy atom. The van der Waals surface area contributed by atoms with Gasteiger partial charge in [-0.05, 0) is 33.3 Å². The molecular formula is C8H18N2O. The van der Waals surface area contributed by atoms with E-state index in [4.69, 9.17) is 16.2 Å². The van der Waals surface area contributed by atoms with Gasteiger partial charge >= 0.3 is 0 Å². The summed E-state index contributed by atoms with van der Waals surface area (Å²) < 4.78 is 5.44. The fourth-order valence-electron chi connectivity index (χ4n) is 0.822. The Balaban J connectivity index is 3.53. The highest BCUT2D eigenvalue weighted by Gasteiger charge is 2.01. The predicted octanol–water partition coefficient (Wildman–Crippen LogP) is 0.949. The number of hydrogen-bond donors (Lipinski definition) is 2. The Kier molecular flexibility index (Phi) is 4.70. The Hall–Kier alpha value is -0.700. The minimum absolute atomic E-state index is 0.192. The molecule has 0 aromatic heterocycles. The summed E-state index contributed by atoms with van der Waals surface area (Å²) in [5.41, 5.74) is 10.5. The molecule has 0 bridgehead atoms. The maximum Gasteiger partial charge on any atom is 0.0893 e. The lowest BCUT2D eigenvalue weighted by Crippen LogP contribution is -2.15. The molecule has 0 spiro atoms. The maximum absolute atomic E-state index is 5.44. The molecule has 0 rings (SSSR count). The van der Waals surface area contributed by atoms with E-state index in [1.165, 1.54) is 0 Å². The van der Waals surface area contributed by atoms with E-state index < -0.39 is 0 Å². The first-order valence-corrected chi connectivity index (χ1v) is 3.89. The van der Waals surface area contributed by atoms with Crippen molar-refractivity contribution in [2.24, 2.45) is 11.5 Å². The highest BCUT2D eigenvalue weighted by molar-refractivity contribution is 4.90. The third kappa shape index (κ3) is 7.19. The van der Waals surface area contributed by atoms with Gasteiger partial charge in [0, 0.05) is 0 Å². The van der Waals surface area contributed by atoms with Crippen LogP contribution in [0.15, 0.2) is 11.9 Å². The number of nitrogens with two attached hydrogens (primary N) is 2. The van der Waals surface area contributed by atoms with Gasteiger partial charge in [-0.1, -0.05) is 0 Å². The van der Waals surface area contributed by atoms with Gasteiger partial charge < -0.3 is 16.2 Å². The number of rotatable bonds is 4. The van der Waals surface area contributed by atoms with Crippen molar-refractivity contribution in [1.82, 2.24) is 0 Å². The van der Waals surface area contributed by atoms with Crippen molar-refractivity contribution in [2.45, 2.75) is 39.4 Å². The summed E-state index contributed by atoms with van der Waals surface area (Å²) in [6.45, 7) is 6.01. The summed E-state index contributed by atoms with van der Waals surface area (Å²) in [4.78, 5) is 0. The molecule has 0 aliphatic heterocycles. The van der Waals surface area contributed by atoms with Crippen LogP contribution >= 0.6 is 0 Å². The Morgan fingerprint density at radius 3 is 2.27 bits per heavy atom. The van der Waals surface area contributed by atoms with E-state index in [2.05, 4.69) is 0 Å². The van der Waals surface area contributed by atoms with Crippen LogP contribution in [0.25, 0.3) is 0 Å². The monoisotopic (exact) mass is 158 g/mol. The molecule has 0 saturated carbocycles. The molecule has 0 saturated heterocycles. The molecule has 11 heavy (non-hydrogen) atoms.